The number of likely N-dealkylation sites (N-methyl/N-ethyl adjacent to an activating group) is 1. The van der Waals surface area contributed by atoms with Crippen molar-refractivity contribution in [3.8, 4) is 0 Å². The van der Waals surface area contributed by atoms with Crippen molar-refractivity contribution in [3.05, 3.63) is 48.2 Å². The molecule has 2 nitrogen and oxygen atoms in total. The highest BCUT2D eigenvalue weighted by molar-refractivity contribution is 5.87. The lowest BCUT2D eigenvalue weighted by Crippen LogP contribution is -2.22. The Balaban J connectivity index is 2.30. The molecule has 1 aromatic heterocycles. The summed E-state index contributed by atoms with van der Waals surface area (Å²) in [5.41, 5.74) is 2.27. The third-order valence-electron chi connectivity index (χ3n) is 2.77. The third-order valence-corrected chi connectivity index (χ3v) is 2.77. The molecule has 1 atom stereocenters. The van der Waals surface area contributed by atoms with Crippen LogP contribution in [0.4, 0.5) is 0 Å². The van der Waals surface area contributed by atoms with Gasteiger partial charge < -0.3 is 5.32 Å². The molecule has 0 bridgehead atoms. The fraction of sp³-hybridized carbons (Fsp3) is 0.267. The number of benzene rings is 1. The van der Waals surface area contributed by atoms with Crippen LogP contribution >= 0.6 is 0 Å². The number of fused-ring (bicyclic) bond motifs is 1. The van der Waals surface area contributed by atoms with Crippen molar-refractivity contribution in [2.75, 3.05) is 6.54 Å². The monoisotopic (exact) mass is 226 g/mol. The van der Waals surface area contributed by atoms with Crippen LogP contribution in [-0.4, -0.2) is 17.6 Å². The Bertz CT molecular complexity index is 512. The van der Waals surface area contributed by atoms with Crippen molar-refractivity contribution in [2.24, 2.45) is 0 Å². The first kappa shape index (κ1) is 11.8. The van der Waals surface area contributed by atoms with E-state index in [2.05, 4.69) is 54.5 Å². The van der Waals surface area contributed by atoms with Gasteiger partial charge in [0.1, 0.15) is 0 Å². The lowest BCUT2D eigenvalue weighted by atomic mass is 10.1. The maximum absolute atomic E-state index is 4.36. The van der Waals surface area contributed by atoms with E-state index in [4.69, 9.17) is 0 Å². The molecule has 0 saturated carbocycles. The standard InChI is InChI=1S/C15H18N2/c1-3-16-12(2)8-9-13-10-11-17-15-7-5-4-6-14(13)15/h4-12,16H,3H2,1-2H3/b9-8+. The van der Waals surface area contributed by atoms with Crippen LogP contribution in [-0.2, 0) is 0 Å². The van der Waals surface area contributed by atoms with Gasteiger partial charge in [-0.25, -0.2) is 0 Å². The largest absolute Gasteiger partial charge is 0.311 e. The second-order valence-corrected chi connectivity index (χ2v) is 4.12. The summed E-state index contributed by atoms with van der Waals surface area (Å²) >= 11 is 0. The number of nitrogens with one attached hydrogen (secondary N) is 1. The van der Waals surface area contributed by atoms with E-state index in [1.807, 2.05) is 18.3 Å². The Morgan fingerprint density at radius 1 is 1.29 bits per heavy atom. The molecule has 0 aliphatic carbocycles. The van der Waals surface area contributed by atoms with Crippen LogP contribution in [0.3, 0.4) is 0 Å². The number of hydrogen-bond acceptors (Lipinski definition) is 2. The van der Waals surface area contributed by atoms with Gasteiger partial charge in [0.2, 0.25) is 0 Å². The molecule has 1 aromatic carbocycles. The minimum atomic E-state index is 0.395. The normalized spacial score (nSPS) is 13.3. The van der Waals surface area contributed by atoms with Crippen LogP contribution in [0, 0.1) is 0 Å². The summed E-state index contributed by atoms with van der Waals surface area (Å²) < 4.78 is 0. The molecule has 2 rings (SSSR count). The third kappa shape index (κ3) is 2.92. The Kier molecular flexibility index (Phi) is 3.89. The van der Waals surface area contributed by atoms with E-state index < -0.39 is 0 Å². The van der Waals surface area contributed by atoms with Crippen LogP contribution in [0.15, 0.2) is 42.6 Å². The van der Waals surface area contributed by atoms with Crippen molar-refractivity contribution < 1.29 is 0 Å². The van der Waals surface area contributed by atoms with E-state index in [9.17, 15) is 0 Å². The van der Waals surface area contributed by atoms with Crippen LogP contribution in [0.25, 0.3) is 17.0 Å². The maximum Gasteiger partial charge on any atom is 0.0707 e. The average molecular weight is 226 g/mol. The zero-order chi connectivity index (χ0) is 12.1. The summed E-state index contributed by atoms with van der Waals surface area (Å²) in [5.74, 6) is 0. The Labute approximate surface area is 102 Å². The molecule has 1 unspecified atom stereocenters. The minimum absolute atomic E-state index is 0.395. The number of pyridine rings is 1. The predicted molar refractivity (Wildman–Crippen MR) is 73.9 cm³/mol. The van der Waals surface area contributed by atoms with Gasteiger partial charge in [-0.15, -0.1) is 0 Å². The maximum atomic E-state index is 4.36. The molecule has 0 radical (unpaired) electrons. The zero-order valence-electron chi connectivity index (χ0n) is 10.4. The summed E-state index contributed by atoms with van der Waals surface area (Å²) in [5, 5.41) is 4.57. The van der Waals surface area contributed by atoms with Gasteiger partial charge in [0.15, 0.2) is 0 Å². The molecule has 0 aliphatic heterocycles. The average Bonchev–Trinajstić information content (AvgIpc) is 2.36. The lowest BCUT2D eigenvalue weighted by molar-refractivity contribution is 0.663. The van der Waals surface area contributed by atoms with Crippen molar-refractivity contribution in [3.63, 3.8) is 0 Å². The smallest absolute Gasteiger partial charge is 0.0707 e. The summed E-state index contributed by atoms with van der Waals surface area (Å²) in [6, 6.07) is 10.7. The van der Waals surface area contributed by atoms with Crippen molar-refractivity contribution in [2.45, 2.75) is 19.9 Å². The number of aromatic nitrogens is 1. The van der Waals surface area contributed by atoms with Gasteiger partial charge in [-0.3, -0.25) is 4.98 Å². The first-order chi connectivity index (χ1) is 8.31. The van der Waals surface area contributed by atoms with E-state index in [1.54, 1.807) is 0 Å². The van der Waals surface area contributed by atoms with Crippen molar-refractivity contribution >= 4 is 17.0 Å². The Morgan fingerprint density at radius 3 is 2.94 bits per heavy atom. The molecule has 17 heavy (non-hydrogen) atoms. The van der Waals surface area contributed by atoms with Crippen LogP contribution in [0.1, 0.15) is 19.4 Å². The first-order valence-electron chi connectivity index (χ1n) is 6.06. The Hall–Kier alpha value is -1.67. The summed E-state index contributed by atoms with van der Waals surface area (Å²) in [6.07, 6.45) is 6.21. The van der Waals surface area contributed by atoms with E-state index in [1.165, 1.54) is 10.9 Å². The quantitative estimate of drug-likeness (QED) is 0.865. The second-order valence-electron chi connectivity index (χ2n) is 4.12. The number of rotatable bonds is 4. The predicted octanol–water partition coefficient (Wildman–Crippen LogP) is 3.25. The van der Waals surface area contributed by atoms with E-state index >= 15 is 0 Å². The van der Waals surface area contributed by atoms with Gasteiger partial charge in [-0.1, -0.05) is 37.3 Å². The number of nitrogens with zero attached hydrogens (tertiary/aromatic N) is 1. The molecular formula is C15H18N2. The molecule has 1 heterocycles. The zero-order valence-corrected chi connectivity index (χ0v) is 10.4. The molecule has 2 heteroatoms. The topological polar surface area (TPSA) is 24.9 Å². The van der Waals surface area contributed by atoms with Gasteiger partial charge in [0.25, 0.3) is 0 Å². The Morgan fingerprint density at radius 2 is 2.12 bits per heavy atom. The molecule has 0 spiro atoms. The van der Waals surface area contributed by atoms with Gasteiger partial charge in [-0.2, -0.15) is 0 Å². The molecular weight excluding hydrogens is 208 g/mol. The van der Waals surface area contributed by atoms with Gasteiger partial charge >= 0.3 is 0 Å². The molecule has 88 valence electrons. The number of para-hydroxylation sites is 1. The van der Waals surface area contributed by atoms with Crippen LogP contribution in [0.2, 0.25) is 0 Å². The first-order valence-corrected chi connectivity index (χ1v) is 6.06. The molecule has 1 N–H and O–H groups in total. The highest BCUT2D eigenvalue weighted by Crippen LogP contribution is 2.17. The highest BCUT2D eigenvalue weighted by Gasteiger charge is 1.98. The van der Waals surface area contributed by atoms with Crippen molar-refractivity contribution in [1.82, 2.24) is 10.3 Å². The summed E-state index contributed by atoms with van der Waals surface area (Å²) in [7, 11) is 0. The summed E-state index contributed by atoms with van der Waals surface area (Å²) in [6.45, 7) is 5.26. The van der Waals surface area contributed by atoms with Gasteiger partial charge in [-0.05, 0) is 31.2 Å². The van der Waals surface area contributed by atoms with Gasteiger partial charge in [0.05, 0.1) is 5.52 Å². The molecule has 0 saturated heterocycles. The fourth-order valence-corrected chi connectivity index (χ4v) is 1.90. The van der Waals surface area contributed by atoms with Crippen LogP contribution < -0.4 is 5.32 Å². The highest BCUT2D eigenvalue weighted by atomic mass is 14.9. The van der Waals surface area contributed by atoms with E-state index in [-0.39, 0.29) is 0 Å². The molecule has 2 aromatic rings. The lowest BCUT2D eigenvalue weighted by Gasteiger charge is -2.06. The fourth-order valence-electron chi connectivity index (χ4n) is 1.90. The second kappa shape index (κ2) is 5.60. The summed E-state index contributed by atoms with van der Waals surface area (Å²) in [4.78, 5) is 4.36. The molecule has 0 aliphatic rings. The van der Waals surface area contributed by atoms with E-state index in [0.717, 1.165) is 12.1 Å². The van der Waals surface area contributed by atoms with Crippen molar-refractivity contribution in [1.29, 1.82) is 0 Å². The SMILES string of the molecule is CCNC(C)/C=C/c1ccnc2ccccc12. The minimum Gasteiger partial charge on any atom is -0.311 e. The molecule has 0 amide bonds. The number of hydrogen-bond donors (Lipinski definition) is 1. The molecule has 0 fully saturated rings. The van der Waals surface area contributed by atoms with E-state index in [0.29, 0.717) is 6.04 Å². The van der Waals surface area contributed by atoms with Crippen LogP contribution in [0.5, 0.6) is 0 Å². The van der Waals surface area contributed by atoms with Gasteiger partial charge in [0, 0.05) is 17.6 Å².